The van der Waals surface area contributed by atoms with Crippen molar-refractivity contribution in [2.24, 2.45) is 7.05 Å². The molecule has 0 aliphatic rings. The van der Waals surface area contributed by atoms with Crippen LogP contribution in [0.1, 0.15) is 11.1 Å². The van der Waals surface area contributed by atoms with Crippen molar-refractivity contribution >= 4 is 17.4 Å². The average molecular weight is 382 g/mol. The number of aromatic amines is 1. The number of H-pyrrole nitrogens is 1. The normalized spacial score (nSPS) is 10.6. The second kappa shape index (κ2) is 7.91. The highest BCUT2D eigenvalue weighted by atomic mass is 19.1. The van der Waals surface area contributed by atoms with Crippen molar-refractivity contribution < 1.29 is 9.18 Å². The van der Waals surface area contributed by atoms with Gasteiger partial charge in [-0.05, 0) is 23.3 Å². The first kappa shape index (κ1) is 19.1. The Labute approximate surface area is 159 Å². The number of carbonyl (C=O) groups excluding carboxylic acids is 1. The third-order valence-electron chi connectivity index (χ3n) is 4.37. The zero-order valence-electron chi connectivity index (χ0n) is 15.2. The maximum atomic E-state index is 13.1. The largest absolute Gasteiger partial charge is 0.383 e. The van der Waals surface area contributed by atoms with Gasteiger partial charge >= 0.3 is 5.69 Å². The Morgan fingerprint density at radius 1 is 1.07 bits per heavy atom. The summed E-state index contributed by atoms with van der Waals surface area (Å²) < 4.78 is 14.2. The zero-order chi connectivity index (χ0) is 20.3. The fraction of sp³-hybridized carbons (Fsp3) is 0.150. The Balaban J connectivity index is 2.04. The molecule has 0 fully saturated rings. The summed E-state index contributed by atoms with van der Waals surface area (Å²) in [4.78, 5) is 40.7. The van der Waals surface area contributed by atoms with Crippen LogP contribution in [0.15, 0.2) is 64.2 Å². The molecule has 0 spiro atoms. The SMILES string of the molecule is Cn1c(N)c(N(Cc2ccccc2)C(=O)Cc2ccc(F)cc2)c(=O)[nH]c1=O. The van der Waals surface area contributed by atoms with E-state index in [1.807, 2.05) is 30.3 Å². The van der Waals surface area contributed by atoms with Crippen molar-refractivity contribution in [1.29, 1.82) is 0 Å². The summed E-state index contributed by atoms with van der Waals surface area (Å²) in [5, 5.41) is 0. The molecular weight excluding hydrogens is 363 g/mol. The van der Waals surface area contributed by atoms with Crippen LogP contribution in [-0.4, -0.2) is 15.5 Å². The van der Waals surface area contributed by atoms with Crippen LogP contribution in [0, 0.1) is 5.82 Å². The number of hydrogen-bond acceptors (Lipinski definition) is 4. The van der Waals surface area contributed by atoms with Crippen molar-refractivity contribution in [1.82, 2.24) is 9.55 Å². The molecule has 1 amide bonds. The number of nitrogen functional groups attached to an aromatic ring is 1. The molecule has 0 saturated heterocycles. The molecule has 0 radical (unpaired) electrons. The van der Waals surface area contributed by atoms with Gasteiger partial charge in [-0.3, -0.25) is 24.0 Å². The zero-order valence-corrected chi connectivity index (χ0v) is 15.2. The molecule has 3 N–H and O–H groups in total. The summed E-state index contributed by atoms with van der Waals surface area (Å²) in [7, 11) is 1.41. The highest BCUT2D eigenvalue weighted by Gasteiger charge is 2.24. The molecule has 0 aliphatic carbocycles. The Kier molecular flexibility index (Phi) is 5.39. The van der Waals surface area contributed by atoms with Crippen molar-refractivity contribution in [3.05, 3.63) is 92.4 Å². The molecular formula is C20H19FN4O3. The van der Waals surface area contributed by atoms with Crippen molar-refractivity contribution in [2.75, 3.05) is 10.6 Å². The molecule has 144 valence electrons. The Bertz CT molecular complexity index is 1110. The summed E-state index contributed by atoms with van der Waals surface area (Å²) in [6, 6.07) is 14.6. The number of rotatable bonds is 5. The van der Waals surface area contributed by atoms with E-state index >= 15 is 0 Å². The average Bonchev–Trinajstić information content (AvgIpc) is 2.68. The number of amides is 1. The molecule has 3 rings (SSSR count). The van der Waals surface area contributed by atoms with Crippen molar-refractivity contribution in [3.8, 4) is 0 Å². The first-order chi connectivity index (χ1) is 13.4. The van der Waals surface area contributed by atoms with Crippen LogP contribution < -0.4 is 21.9 Å². The van der Waals surface area contributed by atoms with Gasteiger partial charge in [-0.25, -0.2) is 9.18 Å². The maximum absolute atomic E-state index is 13.1. The van der Waals surface area contributed by atoms with Gasteiger partial charge in [-0.1, -0.05) is 42.5 Å². The number of nitrogens with zero attached hydrogens (tertiary/aromatic N) is 2. The second-order valence-electron chi connectivity index (χ2n) is 6.32. The lowest BCUT2D eigenvalue weighted by molar-refractivity contribution is -0.118. The van der Waals surface area contributed by atoms with Gasteiger partial charge in [-0.2, -0.15) is 0 Å². The van der Waals surface area contributed by atoms with Gasteiger partial charge in [0, 0.05) is 7.05 Å². The Morgan fingerprint density at radius 2 is 1.71 bits per heavy atom. The van der Waals surface area contributed by atoms with Crippen LogP contribution in [0.25, 0.3) is 0 Å². The molecule has 0 aliphatic heterocycles. The molecule has 7 nitrogen and oxygen atoms in total. The van der Waals surface area contributed by atoms with Crippen LogP contribution >= 0.6 is 0 Å². The van der Waals surface area contributed by atoms with E-state index in [0.717, 1.165) is 10.1 Å². The van der Waals surface area contributed by atoms with Crippen molar-refractivity contribution in [3.63, 3.8) is 0 Å². The van der Waals surface area contributed by atoms with Gasteiger partial charge in [0.2, 0.25) is 5.91 Å². The van der Waals surface area contributed by atoms with E-state index in [4.69, 9.17) is 5.73 Å². The molecule has 0 saturated carbocycles. The number of nitrogens with two attached hydrogens (primary N) is 1. The van der Waals surface area contributed by atoms with Gasteiger partial charge in [0.25, 0.3) is 5.56 Å². The fourth-order valence-corrected chi connectivity index (χ4v) is 2.82. The monoisotopic (exact) mass is 382 g/mol. The number of hydrogen-bond donors (Lipinski definition) is 2. The second-order valence-corrected chi connectivity index (χ2v) is 6.32. The van der Waals surface area contributed by atoms with Crippen LogP contribution in [0.5, 0.6) is 0 Å². The molecule has 0 unspecified atom stereocenters. The number of nitrogens with one attached hydrogen (secondary N) is 1. The van der Waals surface area contributed by atoms with E-state index in [1.165, 1.54) is 36.2 Å². The summed E-state index contributed by atoms with van der Waals surface area (Å²) in [5.41, 5.74) is 5.84. The summed E-state index contributed by atoms with van der Waals surface area (Å²) in [6.07, 6.45) is -0.0607. The number of benzene rings is 2. The minimum atomic E-state index is -0.746. The van der Waals surface area contributed by atoms with E-state index < -0.39 is 23.0 Å². The third kappa shape index (κ3) is 4.01. The predicted molar refractivity (Wildman–Crippen MR) is 104 cm³/mol. The third-order valence-corrected chi connectivity index (χ3v) is 4.37. The Hall–Kier alpha value is -3.68. The summed E-state index contributed by atoms with van der Waals surface area (Å²) >= 11 is 0. The molecule has 1 heterocycles. The van der Waals surface area contributed by atoms with Gasteiger partial charge in [0.1, 0.15) is 11.6 Å². The highest BCUT2D eigenvalue weighted by Crippen LogP contribution is 2.20. The standard InChI is InChI=1S/C20H19FN4O3/c1-24-18(22)17(19(27)23-20(24)28)25(12-14-5-3-2-4-6-14)16(26)11-13-7-9-15(21)10-8-13/h2-10H,11-12,22H2,1H3,(H,23,27,28). The molecule has 3 aromatic rings. The van der Waals surface area contributed by atoms with Gasteiger partial charge < -0.3 is 5.73 Å². The van der Waals surface area contributed by atoms with E-state index in [-0.39, 0.29) is 24.5 Å². The summed E-state index contributed by atoms with van der Waals surface area (Å²) in [6.45, 7) is 0.0896. The molecule has 0 bridgehead atoms. The molecule has 8 heteroatoms. The molecule has 0 atom stereocenters. The lowest BCUT2D eigenvalue weighted by Gasteiger charge is -2.24. The van der Waals surface area contributed by atoms with Crippen LogP contribution in [-0.2, 0) is 24.8 Å². The number of anilines is 2. The molecule has 28 heavy (non-hydrogen) atoms. The smallest absolute Gasteiger partial charge is 0.329 e. The number of carbonyl (C=O) groups is 1. The first-order valence-corrected chi connectivity index (χ1v) is 8.54. The van der Waals surface area contributed by atoms with Crippen LogP contribution in [0.4, 0.5) is 15.9 Å². The number of halogens is 1. The summed E-state index contributed by atoms with van der Waals surface area (Å²) in [5.74, 6) is -0.931. The quantitative estimate of drug-likeness (QED) is 0.699. The number of aromatic nitrogens is 2. The van der Waals surface area contributed by atoms with E-state index in [2.05, 4.69) is 4.98 Å². The van der Waals surface area contributed by atoms with Gasteiger partial charge in [0.15, 0.2) is 5.69 Å². The lowest BCUT2D eigenvalue weighted by Crippen LogP contribution is -2.40. The highest BCUT2D eigenvalue weighted by molar-refractivity contribution is 5.96. The van der Waals surface area contributed by atoms with E-state index in [0.29, 0.717) is 5.56 Å². The first-order valence-electron chi connectivity index (χ1n) is 8.54. The lowest BCUT2D eigenvalue weighted by atomic mass is 10.1. The van der Waals surface area contributed by atoms with Crippen LogP contribution in [0.3, 0.4) is 0 Å². The minimum Gasteiger partial charge on any atom is -0.383 e. The van der Waals surface area contributed by atoms with E-state index in [9.17, 15) is 18.8 Å². The van der Waals surface area contributed by atoms with Crippen molar-refractivity contribution in [2.45, 2.75) is 13.0 Å². The van der Waals surface area contributed by atoms with Gasteiger partial charge in [0.05, 0.1) is 13.0 Å². The van der Waals surface area contributed by atoms with Crippen LogP contribution in [0.2, 0.25) is 0 Å². The molecule has 2 aromatic carbocycles. The Morgan fingerprint density at radius 3 is 2.36 bits per heavy atom. The topological polar surface area (TPSA) is 101 Å². The predicted octanol–water partition coefficient (Wildman–Crippen LogP) is 1.57. The minimum absolute atomic E-state index is 0.0607. The fourth-order valence-electron chi connectivity index (χ4n) is 2.82. The van der Waals surface area contributed by atoms with E-state index in [1.54, 1.807) is 0 Å². The van der Waals surface area contributed by atoms with Gasteiger partial charge in [-0.15, -0.1) is 0 Å². The molecule has 1 aromatic heterocycles. The maximum Gasteiger partial charge on any atom is 0.329 e.